The Morgan fingerprint density at radius 1 is 1.33 bits per heavy atom. The van der Waals surface area contributed by atoms with Gasteiger partial charge in [0.2, 0.25) is 0 Å². The third-order valence-electron chi connectivity index (χ3n) is 2.91. The fourth-order valence-corrected chi connectivity index (χ4v) is 2.31. The van der Waals surface area contributed by atoms with Crippen molar-refractivity contribution >= 4 is 15.9 Å². The van der Waals surface area contributed by atoms with E-state index in [9.17, 15) is 13.2 Å². The van der Waals surface area contributed by atoms with Gasteiger partial charge in [-0.05, 0) is 47.1 Å². The normalized spacial score (nSPS) is 13.4. The van der Waals surface area contributed by atoms with Gasteiger partial charge in [-0.3, -0.25) is 4.98 Å². The molecule has 2 rings (SSSR count). The number of nitrogens with zero attached hydrogens (tertiary/aromatic N) is 1. The van der Waals surface area contributed by atoms with Crippen molar-refractivity contribution in [2.75, 3.05) is 6.54 Å². The van der Waals surface area contributed by atoms with Crippen molar-refractivity contribution in [3.05, 3.63) is 52.1 Å². The molecule has 1 N–H and O–H groups in total. The average molecular weight is 363 g/mol. The Bertz CT molecular complexity index is 581. The lowest BCUT2D eigenvalue weighted by Crippen LogP contribution is -2.24. The van der Waals surface area contributed by atoms with Crippen LogP contribution in [0.15, 0.2) is 39.5 Å². The fraction of sp³-hybridized carbons (Fsp3) is 0.357. The van der Waals surface area contributed by atoms with Gasteiger partial charge in [-0.15, -0.1) is 0 Å². The molecule has 2 aromatic heterocycles. The molecule has 0 bridgehead atoms. The topological polar surface area (TPSA) is 38.1 Å². The number of aromatic nitrogens is 1. The molecule has 0 radical (unpaired) electrons. The molecule has 0 fully saturated rings. The predicted molar refractivity (Wildman–Crippen MR) is 75.8 cm³/mol. The molecule has 0 aliphatic heterocycles. The van der Waals surface area contributed by atoms with Crippen LogP contribution in [-0.2, 0) is 6.18 Å². The van der Waals surface area contributed by atoms with Gasteiger partial charge in [0, 0.05) is 6.20 Å². The fourth-order valence-electron chi connectivity index (χ4n) is 1.88. The van der Waals surface area contributed by atoms with Crippen LogP contribution in [0, 0.1) is 0 Å². The van der Waals surface area contributed by atoms with Crippen molar-refractivity contribution in [1.29, 1.82) is 0 Å². The van der Waals surface area contributed by atoms with Crippen molar-refractivity contribution in [3.8, 4) is 0 Å². The van der Waals surface area contributed by atoms with E-state index in [2.05, 4.69) is 26.2 Å². The molecular formula is C14H14BrF3N2O. The van der Waals surface area contributed by atoms with Gasteiger partial charge in [-0.25, -0.2) is 0 Å². The van der Waals surface area contributed by atoms with Gasteiger partial charge in [-0.1, -0.05) is 6.92 Å². The second-order valence-electron chi connectivity index (χ2n) is 4.49. The Balaban J connectivity index is 2.31. The average Bonchev–Trinajstić information content (AvgIpc) is 2.85. The van der Waals surface area contributed by atoms with Gasteiger partial charge in [0.25, 0.3) is 0 Å². The smallest absolute Gasteiger partial charge is 0.417 e. The maximum Gasteiger partial charge on any atom is 0.417 e. The van der Waals surface area contributed by atoms with Crippen LogP contribution < -0.4 is 5.32 Å². The van der Waals surface area contributed by atoms with E-state index < -0.39 is 17.8 Å². The molecule has 1 unspecified atom stereocenters. The van der Waals surface area contributed by atoms with Gasteiger partial charge >= 0.3 is 6.18 Å². The Hall–Kier alpha value is -1.34. The van der Waals surface area contributed by atoms with Gasteiger partial charge in [-0.2, -0.15) is 13.2 Å². The first-order chi connectivity index (χ1) is 9.93. The summed E-state index contributed by atoms with van der Waals surface area (Å²) >= 11 is 3.36. The van der Waals surface area contributed by atoms with E-state index in [-0.39, 0.29) is 0 Å². The molecule has 21 heavy (non-hydrogen) atoms. The molecule has 0 saturated heterocycles. The van der Waals surface area contributed by atoms with Crippen molar-refractivity contribution in [2.24, 2.45) is 0 Å². The van der Waals surface area contributed by atoms with Crippen molar-refractivity contribution < 1.29 is 17.6 Å². The summed E-state index contributed by atoms with van der Waals surface area (Å²) in [5.74, 6) is 0.593. The molecule has 7 heteroatoms. The number of halogens is 4. The quantitative estimate of drug-likeness (QED) is 0.847. The van der Waals surface area contributed by atoms with Crippen LogP contribution in [0.25, 0.3) is 0 Å². The molecule has 3 nitrogen and oxygen atoms in total. The second-order valence-corrected chi connectivity index (χ2v) is 5.34. The van der Waals surface area contributed by atoms with Gasteiger partial charge in [0.15, 0.2) is 0 Å². The first kappa shape index (κ1) is 16.0. The zero-order valence-corrected chi connectivity index (χ0v) is 12.8. The molecule has 0 aliphatic rings. The van der Waals surface area contributed by atoms with Crippen LogP contribution in [0.2, 0.25) is 0 Å². The van der Waals surface area contributed by atoms with Crippen molar-refractivity contribution in [3.63, 3.8) is 0 Å². The number of pyridine rings is 1. The lowest BCUT2D eigenvalue weighted by Gasteiger charge is -2.17. The summed E-state index contributed by atoms with van der Waals surface area (Å²) in [6, 6.07) is 3.74. The van der Waals surface area contributed by atoms with Crippen LogP contribution in [0.3, 0.4) is 0 Å². The van der Waals surface area contributed by atoms with E-state index in [1.165, 1.54) is 12.3 Å². The zero-order valence-electron chi connectivity index (χ0n) is 11.2. The van der Waals surface area contributed by atoms with Crippen LogP contribution >= 0.6 is 15.9 Å². The van der Waals surface area contributed by atoms with Crippen molar-refractivity contribution in [1.82, 2.24) is 10.3 Å². The van der Waals surface area contributed by atoms with E-state index >= 15 is 0 Å². The van der Waals surface area contributed by atoms with E-state index in [1.54, 1.807) is 6.07 Å². The molecule has 114 valence electrons. The summed E-state index contributed by atoms with van der Waals surface area (Å²) in [4.78, 5) is 3.93. The van der Waals surface area contributed by atoms with Crippen LogP contribution in [0.1, 0.15) is 36.4 Å². The standard InChI is InChI=1S/C14H14BrF3N2O/c1-2-6-19-12(13-10(15)5-7-21-13)11-4-3-9(8-20-11)14(16,17)18/h3-5,7-8,12,19H,2,6H2,1H3. The van der Waals surface area contributed by atoms with Crippen LogP contribution in [0.5, 0.6) is 0 Å². The monoisotopic (exact) mass is 362 g/mol. The molecule has 0 saturated carbocycles. The highest BCUT2D eigenvalue weighted by molar-refractivity contribution is 9.10. The Morgan fingerprint density at radius 2 is 2.10 bits per heavy atom. The molecule has 2 aromatic rings. The summed E-state index contributed by atoms with van der Waals surface area (Å²) in [5.41, 5.74) is -0.286. The van der Waals surface area contributed by atoms with E-state index in [0.717, 1.165) is 23.2 Å². The van der Waals surface area contributed by atoms with Crippen LogP contribution in [0.4, 0.5) is 13.2 Å². The Labute approximate surface area is 128 Å². The minimum atomic E-state index is -4.39. The lowest BCUT2D eigenvalue weighted by molar-refractivity contribution is -0.137. The minimum Gasteiger partial charge on any atom is -0.466 e. The third kappa shape index (κ3) is 3.85. The summed E-state index contributed by atoms with van der Waals surface area (Å²) in [6.45, 7) is 2.70. The van der Waals surface area contributed by atoms with Gasteiger partial charge in [0.05, 0.1) is 22.0 Å². The minimum absolute atomic E-state index is 0.392. The highest BCUT2D eigenvalue weighted by Crippen LogP contribution is 2.32. The number of hydrogen-bond acceptors (Lipinski definition) is 3. The molecule has 1 atom stereocenters. The van der Waals surface area contributed by atoms with Crippen molar-refractivity contribution in [2.45, 2.75) is 25.6 Å². The Morgan fingerprint density at radius 3 is 2.57 bits per heavy atom. The van der Waals surface area contributed by atoms with Gasteiger partial charge < -0.3 is 9.73 Å². The first-order valence-electron chi connectivity index (χ1n) is 6.43. The molecule has 0 aliphatic carbocycles. The maximum absolute atomic E-state index is 12.6. The lowest BCUT2D eigenvalue weighted by atomic mass is 10.1. The summed E-state index contributed by atoms with van der Waals surface area (Å²) < 4.78 is 43.9. The first-order valence-corrected chi connectivity index (χ1v) is 7.22. The van der Waals surface area contributed by atoms with E-state index in [1.807, 2.05) is 6.92 Å². The summed E-state index contributed by atoms with van der Waals surface area (Å²) in [7, 11) is 0. The molecule has 0 amide bonds. The molecule has 0 spiro atoms. The highest BCUT2D eigenvalue weighted by atomic mass is 79.9. The summed E-state index contributed by atoms with van der Waals surface area (Å²) in [6.07, 6.45) is -1.14. The zero-order chi connectivity index (χ0) is 15.5. The third-order valence-corrected chi connectivity index (χ3v) is 3.57. The Kier molecular flexibility index (Phi) is 5.05. The summed E-state index contributed by atoms with van der Waals surface area (Å²) in [5, 5.41) is 3.22. The molecule has 0 aromatic carbocycles. The predicted octanol–water partition coefficient (Wildman–Crippen LogP) is 4.54. The number of nitrogens with one attached hydrogen (secondary N) is 1. The second kappa shape index (κ2) is 6.62. The largest absolute Gasteiger partial charge is 0.466 e. The van der Waals surface area contributed by atoms with Crippen LogP contribution in [-0.4, -0.2) is 11.5 Å². The molecular weight excluding hydrogens is 349 g/mol. The molecule has 2 heterocycles. The number of rotatable bonds is 5. The van der Waals surface area contributed by atoms with E-state index in [4.69, 9.17) is 4.42 Å². The van der Waals surface area contributed by atoms with Gasteiger partial charge in [0.1, 0.15) is 11.8 Å². The number of furan rings is 1. The maximum atomic E-state index is 12.6. The SMILES string of the molecule is CCCNC(c1ccc(C(F)(F)F)cn1)c1occc1Br. The number of hydrogen-bond donors (Lipinski definition) is 1. The highest BCUT2D eigenvalue weighted by Gasteiger charge is 2.31. The van der Waals surface area contributed by atoms with E-state index in [0.29, 0.717) is 18.0 Å². The number of alkyl halides is 3.